The third-order valence-electron chi connectivity index (χ3n) is 4.36. The topological polar surface area (TPSA) is 58.1 Å². The highest BCUT2D eigenvalue weighted by molar-refractivity contribution is 5.79. The molecule has 0 saturated carbocycles. The quantitative estimate of drug-likeness (QED) is 0.557. The predicted octanol–water partition coefficient (Wildman–Crippen LogP) is 2.24. The molecule has 0 bridgehead atoms. The molecule has 0 atom stereocenters. The SMILES string of the molecule is CN=C(NCCc1ccc2c(c1)OCO2)NCCN(C(C)C)C(C)C. The van der Waals surface area contributed by atoms with Crippen molar-refractivity contribution in [1.82, 2.24) is 15.5 Å². The van der Waals surface area contributed by atoms with Gasteiger partial charge in [0.25, 0.3) is 0 Å². The van der Waals surface area contributed by atoms with Gasteiger partial charge in [0.2, 0.25) is 6.79 Å². The van der Waals surface area contributed by atoms with Gasteiger partial charge in [-0.05, 0) is 51.8 Å². The molecule has 0 aromatic heterocycles. The first-order valence-electron chi connectivity index (χ1n) is 9.10. The first kappa shape index (κ1) is 19.4. The Balaban J connectivity index is 1.71. The summed E-state index contributed by atoms with van der Waals surface area (Å²) in [5.74, 6) is 2.50. The fourth-order valence-electron chi connectivity index (χ4n) is 3.06. The third-order valence-corrected chi connectivity index (χ3v) is 4.36. The average Bonchev–Trinajstić information content (AvgIpc) is 3.04. The molecule has 140 valence electrons. The molecule has 0 saturated heterocycles. The van der Waals surface area contributed by atoms with Gasteiger partial charge in [0.05, 0.1) is 0 Å². The minimum absolute atomic E-state index is 0.317. The number of fused-ring (bicyclic) bond motifs is 1. The van der Waals surface area contributed by atoms with Gasteiger partial charge in [-0.25, -0.2) is 0 Å². The Labute approximate surface area is 151 Å². The molecule has 1 aliphatic rings. The summed E-state index contributed by atoms with van der Waals surface area (Å²) in [6.45, 7) is 11.9. The number of ether oxygens (including phenoxy) is 2. The molecule has 6 heteroatoms. The minimum atomic E-state index is 0.317. The van der Waals surface area contributed by atoms with Crippen molar-refractivity contribution < 1.29 is 9.47 Å². The largest absolute Gasteiger partial charge is 0.454 e. The molecule has 2 N–H and O–H groups in total. The normalized spacial score (nSPS) is 13.8. The number of hydrogen-bond donors (Lipinski definition) is 2. The molecule has 0 amide bonds. The highest BCUT2D eigenvalue weighted by Crippen LogP contribution is 2.32. The second-order valence-electron chi connectivity index (χ2n) is 6.79. The molecule has 25 heavy (non-hydrogen) atoms. The van der Waals surface area contributed by atoms with E-state index in [2.05, 4.69) is 54.3 Å². The maximum absolute atomic E-state index is 5.42. The van der Waals surface area contributed by atoms with E-state index in [0.29, 0.717) is 18.9 Å². The van der Waals surface area contributed by atoms with Crippen LogP contribution in [0.5, 0.6) is 11.5 Å². The predicted molar refractivity (Wildman–Crippen MR) is 103 cm³/mol. The van der Waals surface area contributed by atoms with Gasteiger partial charge in [0.15, 0.2) is 17.5 Å². The Morgan fingerprint density at radius 3 is 2.44 bits per heavy atom. The Morgan fingerprint density at radius 1 is 1.08 bits per heavy atom. The van der Waals surface area contributed by atoms with Gasteiger partial charge in [0, 0.05) is 38.8 Å². The number of rotatable bonds is 8. The van der Waals surface area contributed by atoms with Crippen LogP contribution in [-0.4, -0.2) is 56.4 Å². The number of benzene rings is 1. The molecular weight excluding hydrogens is 316 g/mol. The summed E-state index contributed by atoms with van der Waals surface area (Å²) < 4.78 is 10.8. The van der Waals surface area contributed by atoms with Crippen LogP contribution in [0.4, 0.5) is 0 Å². The molecule has 1 aliphatic heterocycles. The Kier molecular flexibility index (Phi) is 7.37. The van der Waals surface area contributed by atoms with Gasteiger partial charge in [-0.3, -0.25) is 9.89 Å². The van der Waals surface area contributed by atoms with Gasteiger partial charge in [0.1, 0.15) is 0 Å². The Morgan fingerprint density at radius 2 is 1.76 bits per heavy atom. The summed E-state index contributed by atoms with van der Waals surface area (Å²) in [7, 11) is 1.80. The van der Waals surface area contributed by atoms with E-state index < -0.39 is 0 Å². The second kappa shape index (κ2) is 9.51. The third kappa shape index (κ3) is 5.81. The fourth-order valence-corrected chi connectivity index (χ4v) is 3.06. The monoisotopic (exact) mass is 348 g/mol. The number of nitrogens with zero attached hydrogens (tertiary/aromatic N) is 2. The number of aliphatic imine (C=N–C) groups is 1. The van der Waals surface area contributed by atoms with Crippen molar-refractivity contribution in [3.63, 3.8) is 0 Å². The highest BCUT2D eigenvalue weighted by Gasteiger charge is 2.14. The molecular formula is C19H32N4O2. The van der Waals surface area contributed by atoms with Crippen LogP contribution in [-0.2, 0) is 6.42 Å². The number of guanidine groups is 1. The van der Waals surface area contributed by atoms with Crippen LogP contribution in [0.1, 0.15) is 33.3 Å². The molecule has 1 heterocycles. The standard InChI is InChI=1S/C19H32N4O2/c1-14(2)23(15(3)4)11-10-22-19(20-5)21-9-8-16-6-7-17-18(12-16)25-13-24-17/h6-7,12,14-15H,8-11,13H2,1-5H3,(H2,20,21,22). The number of nitrogens with one attached hydrogen (secondary N) is 2. The van der Waals surface area contributed by atoms with E-state index in [9.17, 15) is 0 Å². The molecule has 1 aromatic carbocycles. The van der Waals surface area contributed by atoms with Crippen LogP contribution in [0.25, 0.3) is 0 Å². The Hall–Kier alpha value is -1.95. The van der Waals surface area contributed by atoms with Crippen LogP contribution in [0.2, 0.25) is 0 Å². The minimum Gasteiger partial charge on any atom is -0.454 e. The van der Waals surface area contributed by atoms with Gasteiger partial charge in [-0.15, -0.1) is 0 Å². The van der Waals surface area contributed by atoms with E-state index in [1.165, 1.54) is 5.56 Å². The molecule has 0 aliphatic carbocycles. The van der Waals surface area contributed by atoms with Crippen molar-refractivity contribution in [3.05, 3.63) is 23.8 Å². The molecule has 0 fully saturated rings. The van der Waals surface area contributed by atoms with E-state index in [4.69, 9.17) is 9.47 Å². The molecule has 0 radical (unpaired) electrons. The first-order valence-corrected chi connectivity index (χ1v) is 9.10. The van der Waals surface area contributed by atoms with Crippen molar-refractivity contribution in [2.75, 3.05) is 33.5 Å². The maximum atomic E-state index is 5.42. The van der Waals surface area contributed by atoms with Crippen molar-refractivity contribution in [2.45, 2.75) is 46.2 Å². The molecule has 2 rings (SSSR count). The molecule has 0 spiro atoms. The van der Waals surface area contributed by atoms with Crippen LogP contribution < -0.4 is 20.1 Å². The lowest BCUT2D eigenvalue weighted by atomic mass is 10.1. The fraction of sp³-hybridized carbons (Fsp3) is 0.632. The average molecular weight is 348 g/mol. The maximum Gasteiger partial charge on any atom is 0.231 e. The first-order chi connectivity index (χ1) is 12.0. The summed E-state index contributed by atoms with van der Waals surface area (Å²) in [4.78, 5) is 6.76. The van der Waals surface area contributed by atoms with Crippen molar-refractivity contribution in [3.8, 4) is 11.5 Å². The number of hydrogen-bond acceptors (Lipinski definition) is 4. The van der Waals surface area contributed by atoms with E-state index in [0.717, 1.165) is 43.5 Å². The smallest absolute Gasteiger partial charge is 0.231 e. The van der Waals surface area contributed by atoms with E-state index >= 15 is 0 Å². The molecule has 1 aromatic rings. The van der Waals surface area contributed by atoms with Gasteiger partial charge in [-0.2, -0.15) is 0 Å². The van der Waals surface area contributed by atoms with E-state index in [1.807, 2.05) is 12.1 Å². The highest BCUT2D eigenvalue weighted by atomic mass is 16.7. The zero-order valence-electron chi connectivity index (χ0n) is 16.1. The Bertz CT molecular complexity index is 565. The summed E-state index contributed by atoms with van der Waals surface area (Å²) >= 11 is 0. The summed E-state index contributed by atoms with van der Waals surface area (Å²) in [5, 5.41) is 6.76. The lowest BCUT2D eigenvalue weighted by Gasteiger charge is -2.30. The van der Waals surface area contributed by atoms with Crippen LogP contribution in [0.15, 0.2) is 23.2 Å². The van der Waals surface area contributed by atoms with Crippen molar-refractivity contribution in [2.24, 2.45) is 4.99 Å². The van der Waals surface area contributed by atoms with Gasteiger partial charge < -0.3 is 20.1 Å². The summed E-state index contributed by atoms with van der Waals surface area (Å²) in [6, 6.07) is 7.18. The van der Waals surface area contributed by atoms with E-state index in [-0.39, 0.29) is 0 Å². The lowest BCUT2D eigenvalue weighted by molar-refractivity contribution is 0.174. The zero-order valence-corrected chi connectivity index (χ0v) is 16.1. The van der Waals surface area contributed by atoms with Crippen molar-refractivity contribution >= 4 is 5.96 Å². The lowest BCUT2D eigenvalue weighted by Crippen LogP contribution is -2.45. The van der Waals surface area contributed by atoms with Crippen LogP contribution >= 0.6 is 0 Å². The van der Waals surface area contributed by atoms with Gasteiger partial charge >= 0.3 is 0 Å². The van der Waals surface area contributed by atoms with Crippen molar-refractivity contribution in [1.29, 1.82) is 0 Å². The molecule has 0 unspecified atom stereocenters. The van der Waals surface area contributed by atoms with Gasteiger partial charge in [-0.1, -0.05) is 6.07 Å². The summed E-state index contributed by atoms with van der Waals surface area (Å²) in [5.41, 5.74) is 1.22. The zero-order chi connectivity index (χ0) is 18.2. The van der Waals surface area contributed by atoms with Crippen LogP contribution in [0, 0.1) is 0 Å². The van der Waals surface area contributed by atoms with E-state index in [1.54, 1.807) is 7.05 Å². The van der Waals surface area contributed by atoms with Crippen LogP contribution in [0.3, 0.4) is 0 Å². The second-order valence-corrected chi connectivity index (χ2v) is 6.79. The molecule has 6 nitrogen and oxygen atoms in total. The summed E-state index contributed by atoms with van der Waals surface area (Å²) in [6.07, 6.45) is 0.904.